The number of pyridine rings is 2. The van der Waals surface area contributed by atoms with Crippen LogP contribution >= 0.6 is 0 Å². The third kappa shape index (κ3) is 4.18. The summed E-state index contributed by atoms with van der Waals surface area (Å²) in [6.07, 6.45) is 2.11. The summed E-state index contributed by atoms with van der Waals surface area (Å²) in [5.74, 6) is -1.43. The number of ether oxygens (including phenoxy) is 1. The average Bonchev–Trinajstić information content (AvgIpc) is 2.94. The molecule has 28 heavy (non-hydrogen) atoms. The Bertz CT molecular complexity index is 965. The number of methoxy groups -OCH3 is 1. The molecule has 1 aliphatic rings. The summed E-state index contributed by atoms with van der Waals surface area (Å²) in [5, 5.41) is 1.38. The molecular formula is C18H20N4O5S. The molecule has 3 rings (SSSR count). The molecule has 0 saturated carbocycles. The number of nitrogens with one attached hydrogen (secondary N) is 1. The van der Waals surface area contributed by atoms with Crippen molar-refractivity contribution in [3.63, 3.8) is 0 Å². The topological polar surface area (TPSA) is 119 Å². The summed E-state index contributed by atoms with van der Waals surface area (Å²) >= 11 is 0. The van der Waals surface area contributed by atoms with Gasteiger partial charge in [0.25, 0.3) is 5.91 Å². The highest BCUT2D eigenvalue weighted by atomic mass is 32.2. The number of sulfone groups is 1. The Morgan fingerprint density at radius 1 is 1.29 bits per heavy atom. The van der Waals surface area contributed by atoms with Gasteiger partial charge in [0, 0.05) is 26.5 Å². The second kappa shape index (κ2) is 8.44. The van der Waals surface area contributed by atoms with Gasteiger partial charge in [-0.3, -0.25) is 14.5 Å². The predicted molar refractivity (Wildman–Crippen MR) is 101 cm³/mol. The van der Waals surface area contributed by atoms with E-state index in [0.29, 0.717) is 19.6 Å². The summed E-state index contributed by atoms with van der Waals surface area (Å²) in [7, 11) is -2.25. The summed E-state index contributed by atoms with van der Waals surface area (Å²) < 4.78 is 30.2. The maximum atomic E-state index is 12.6. The van der Waals surface area contributed by atoms with Crippen LogP contribution in [-0.2, 0) is 19.4 Å². The van der Waals surface area contributed by atoms with Gasteiger partial charge in [0.2, 0.25) is 5.91 Å². The molecule has 148 valence electrons. The first-order valence-electron chi connectivity index (χ1n) is 8.63. The molecule has 1 fully saturated rings. The SMILES string of the molecule is COCCCNC(=O)c1cccc(C2N(c3ccccn3)C(=O)CS2(=O)=O)n1. The molecule has 0 aliphatic carbocycles. The number of amides is 2. The lowest BCUT2D eigenvalue weighted by atomic mass is 10.2. The number of carbonyl (C=O) groups is 2. The zero-order valence-electron chi connectivity index (χ0n) is 15.2. The zero-order chi connectivity index (χ0) is 20.1. The minimum absolute atomic E-state index is 0.0745. The molecule has 2 aromatic rings. The van der Waals surface area contributed by atoms with Crippen molar-refractivity contribution >= 4 is 27.5 Å². The third-order valence-corrected chi connectivity index (χ3v) is 5.91. The lowest BCUT2D eigenvalue weighted by molar-refractivity contribution is -0.115. The van der Waals surface area contributed by atoms with Crippen molar-refractivity contribution in [1.29, 1.82) is 0 Å². The van der Waals surface area contributed by atoms with Crippen LogP contribution in [-0.4, -0.2) is 56.2 Å². The van der Waals surface area contributed by atoms with Crippen LogP contribution in [0.15, 0.2) is 42.6 Å². The normalized spacial score (nSPS) is 18.2. The van der Waals surface area contributed by atoms with Crippen molar-refractivity contribution in [2.24, 2.45) is 0 Å². The number of hydrogen-bond donors (Lipinski definition) is 1. The van der Waals surface area contributed by atoms with Crippen LogP contribution in [0, 0.1) is 0 Å². The standard InChI is InChI=1S/C18H20N4O5S/c1-27-11-5-10-20-17(24)13-6-4-7-14(21-13)18-22(15-8-2-3-9-19-15)16(23)12-28(18,25)26/h2-4,6-9,18H,5,10-12H2,1H3,(H,20,24). The minimum Gasteiger partial charge on any atom is -0.385 e. The van der Waals surface area contributed by atoms with E-state index < -0.39 is 32.8 Å². The number of hydrogen-bond acceptors (Lipinski definition) is 7. The molecule has 2 amide bonds. The Labute approximate surface area is 162 Å². The molecule has 1 saturated heterocycles. The van der Waals surface area contributed by atoms with Gasteiger partial charge in [0.15, 0.2) is 15.2 Å². The van der Waals surface area contributed by atoms with E-state index in [-0.39, 0.29) is 17.2 Å². The quantitative estimate of drug-likeness (QED) is 0.675. The molecule has 0 radical (unpaired) electrons. The van der Waals surface area contributed by atoms with Gasteiger partial charge in [-0.25, -0.2) is 18.4 Å². The van der Waals surface area contributed by atoms with Gasteiger partial charge in [-0.05, 0) is 30.7 Å². The van der Waals surface area contributed by atoms with Crippen molar-refractivity contribution < 1.29 is 22.7 Å². The van der Waals surface area contributed by atoms with Gasteiger partial charge in [-0.1, -0.05) is 12.1 Å². The van der Waals surface area contributed by atoms with Crippen molar-refractivity contribution in [3.8, 4) is 0 Å². The van der Waals surface area contributed by atoms with E-state index in [9.17, 15) is 18.0 Å². The number of aromatic nitrogens is 2. The van der Waals surface area contributed by atoms with Crippen molar-refractivity contribution in [2.45, 2.75) is 11.8 Å². The third-order valence-electron chi connectivity index (χ3n) is 4.13. The molecule has 1 unspecified atom stereocenters. The molecule has 10 heteroatoms. The van der Waals surface area contributed by atoms with Crippen LogP contribution in [0.2, 0.25) is 0 Å². The smallest absolute Gasteiger partial charge is 0.269 e. The molecule has 1 aliphatic heterocycles. The van der Waals surface area contributed by atoms with Gasteiger partial charge >= 0.3 is 0 Å². The highest BCUT2D eigenvalue weighted by Gasteiger charge is 2.47. The van der Waals surface area contributed by atoms with Crippen LogP contribution in [0.4, 0.5) is 5.82 Å². The highest BCUT2D eigenvalue weighted by molar-refractivity contribution is 7.93. The molecule has 1 atom stereocenters. The Morgan fingerprint density at radius 3 is 2.82 bits per heavy atom. The average molecular weight is 404 g/mol. The van der Waals surface area contributed by atoms with Crippen molar-refractivity contribution in [2.75, 3.05) is 30.9 Å². The predicted octanol–water partition coefficient (Wildman–Crippen LogP) is 0.703. The van der Waals surface area contributed by atoms with E-state index >= 15 is 0 Å². The van der Waals surface area contributed by atoms with E-state index in [1.165, 1.54) is 18.3 Å². The molecule has 2 aromatic heterocycles. The molecule has 3 heterocycles. The largest absolute Gasteiger partial charge is 0.385 e. The number of rotatable bonds is 7. The Hall–Kier alpha value is -2.85. The second-order valence-corrected chi connectivity index (χ2v) is 8.22. The van der Waals surface area contributed by atoms with Gasteiger partial charge in [-0.2, -0.15) is 0 Å². The summed E-state index contributed by atoms with van der Waals surface area (Å²) in [6.45, 7) is 0.911. The van der Waals surface area contributed by atoms with Crippen LogP contribution < -0.4 is 10.2 Å². The number of carbonyl (C=O) groups excluding carboxylic acids is 2. The van der Waals surface area contributed by atoms with E-state index in [4.69, 9.17) is 4.74 Å². The summed E-state index contributed by atoms with van der Waals surface area (Å²) in [5.41, 5.74) is 0.173. The summed E-state index contributed by atoms with van der Waals surface area (Å²) in [4.78, 5) is 34.1. The first-order valence-corrected chi connectivity index (χ1v) is 10.3. The second-order valence-electron chi connectivity index (χ2n) is 6.16. The highest BCUT2D eigenvalue weighted by Crippen LogP contribution is 2.35. The van der Waals surface area contributed by atoms with Crippen LogP contribution in [0.25, 0.3) is 0 Å². The number of anilines is 1. The Balaban J connectivity index is 1.90. The van der Waals surface area contributed by atoms with Crippen molar-refractivity contribution in [1.82, 2.24) is 15.3 Å². The molecule has 0 aromatic carbocycles. The molecular weight excluding hydrogens is 384 g/mol. The van der Waals surface area contributed by atoms with Gasteiger partial charge in [0.05, 0.1) is 5.69 Å². The van der Waals surface area contributed by atoms with Gasteiger partial charge < -0.3 is 10.1 Å². The van der Waals surface area contributed by atoms with Gasteiger partial charge in [-0.15, -0.1) is 0 Å². The maximum absolute atomic E-state index is 12.6. The van der Waals surface area contributed by atoms with Crippen molar-refractivity contribution in [3.05, 3.63) is 54.0 Å². The van der Waals surface area contributed by atoms with Crippen LogP contribution in [0.5, 0.6) is 0 Å². The fourth-order valence-electron chi connectivity index (χ4n) is 2.90. The first kappa shape index (κ1) is 19.9. The lowest BCUT2D eigenvalue weighted by Gasteiger charge is -2.22. The Kier molecular flexibility index (Phi) is 6.00. The molecule has 0 bridgehead atoms. The molecule has 9 nitrogen and oxygen atoms in total. The molecule has 0 spiro atoms. The van der Waals surface area contributed by atoms with Crippen LogP contribution in [0.1, 0.15) is 28.0 Å². The fraction of sp³-hybridized carbons (Fsp3) is 0.333. The van der Waals surface area contributed by atoms with E-state index in [1.807, 2.05) is 0 Å². The van der Waals surface area contributed by atoms with E-state index in [1.54, 1.807) is 31.4 Å². The number of nitrogens with zero attached hydrogens (tertiary/aromatic N) is 3. The van der Waals surface area contributed by atoms with Gasteiger partial charge in [0.1, 0.15) is 17.3 Å². The zero-order valence-corrected chi connectivity index (χ0v) is 16.1. The Morgan fingerprint density at radius 2 is 2.11 bits per heavy atom. The van der Waals surface area contributed by atoms with Crippen LogP contribution in [0.3, 0.4) is 0 Å². The fourth-order valence-corrected chi connectivity index (χ4v) is 4.58. The van der Waals surface area contributed by atoms with E-state index in [0.717, 1.165) is 4.90 Å². The monoisotopic (exact) mass is 404 g/mol. The lowest BCUT2D eigenvalue weighted by Crippen LogP contribution is -2.31. The maximum Gasteiger partial charge on any atom is 0.269 e. The first-order chi connectivity index (χ1) is 13.4. The van der Waals surface area contributed by atoms with E-state index in [2.05, 4.69) is 15.3 Å². The molecule has 1 N–H and O–H groups in total. The summed E-state index contributed by atoms with van der Waals surface area (Å²) in [6, 6.07) is 9.40. The minimum atomic E-state index is -3.83.